The van der Waals surface area contributed by atoms with E-state index < -0.39 is 0 Å². The first-order valence-corrected chi connectivity index (χ1v) is 5.56. The van der Waals surface area contributed by atoms with Crippen LogP contribution in [-0.4, -0.2) is 14.2 Å². The predicted octanol–water partition coefficient (Wildman–Crippen LogP) is 3.59. The van der Waals surface area contributed by atoms with Gasteiger partial charge in [-0.3, -0.25) is 0 Å². The molecule has 90 valence electrons. The highest BCUT2D eigenvalue weighted by molar-refractivity contribution is 6.49. The first-order chi connectivity index (χ1) is 8.15. The van der Waals surface area contributed by atoms with Crippen molar-refractivity contribution in [2.75, 3.05) is 14.2 Å². The zero-order valence-corrected chi connectivity index (χ0v) is 10.8. The Bertz CT molecular complexity index is 453. The van der Waals surface area contributed by atoms with E-state index in [-0.39, 0.29) is 0 Å². The Labute approximate surface area is 106 Å². The quantitative estimate of drug-likeness (QED) is 0.768. The average molecular weight is 252 g/mol. The molecular formula is C13H14ClNO2. The van der Waals surface area contributed by atoms with Gasteiger partial charge in [-0.05, 0) is 18.6 Å². The van der Waals surface area contributed by atoms with E-state index in [9.17, 15) is 0 Å². The molecule has 0 bridgehead atoms. The molecule has 0 radical (unpaired) electrons. The lowest BCUT2D eigenvalue weighted by molar-refractivity contribution is 0.394. The lowest BCUT2D eigenvalue weighted by Crippen LogP contribution is -1.91. The van der Waals surface area contributed by atoms with Gasteiger partial charge in [0.05, 0.1) is 25.3 Å². The minimum Gasteiger partial charge on any atom is -0.497 e. The van der Waals surface area contributed by atoms with Crippen LogP contribution in [0.2, 0.25) is 0 Å². The first-order valence-electron chi connectivity index (χ1n) is 5.18. The molecule has 0 aliphatic rings. The Kier molecular flexibility index (Phi) is 4.86. The van der Waals surface area contributed by atoms with Crippen molar-refractivity contribution in [1.82, 2.24) is 0 Å². The maximum atomic E-state index is 8.96. The number of allylic oxidation sites excluding steroid dienone is 1. The molecule has 0 unspecified atom stereocenters. The fraction of sp³-hybridized carbons (Fsp3) is 0.308. The van der Waals surface area contributed by atoms with Crippen molar-refractivity contribution in [3.63, 3.8) is 0 Å². The Morgan fingerprint density at radius 1 is 1.24 bits per heavy atom. The van der Waals surface area contributed by atoms with Crippen LogP contribution < -0.4 is 9.47 Å². The molecule has 0 saturated heterocycles. The Morgan fingerprint density at radius 3 is 2.12 bits per heavy atom. The number of nitriles is 1. The number of nitrogens with zero attached hydrogens (tertiary/aromatic N) is 1. The molecular weight excluding hydrogens is 238 g/mol. The average Bonchev–Trinajstić information content (AvgIpc) is 2.39. The summed E-state index contributed by atoms with van der Waals surface area (Å²) in [6.07, 6.45) is 0.592. The Morgan fingerprint density at radius 2 is 1.76 bits per heavy atom. The van der Waals surface area contributed by atoms with Gasteiger partial charge in [0, 0.05) is 17.2 Å². The Hall–Kier alpha value is -1.66. The molecule has 1 rings (SSSR count). The molecule has 0 N–H and O–H groups in total. The normalized spacial score (nSPS) is 11.5. The van der Waals surface area contributed by atoms with Gasteiger partial charge in [-0.2, -0.15) is 5.26 Å². The van der Waals surface area contributed by atoms with Crippen LogP contribution in [0.3, 0.4) is 0 Å². The lowest BCUT2D eigenvalue weighted by atomic mass is 10.1. The summed E-state index contributed by atoms with van der Waals surface area (Å²) in [6, 6.07) is 7.40. The summed E-state index contributed by atoms with van der Waals surface area (Å²) < 4.78 is 10.3. The number of benzene rings is 1. The van der Waals surface area contributed by atoms with Gasteiger partial charge in [0.25, 0.3) is 0 Å². The Balaban J connectivity index is 3.31. The van der Waals surface area contributed by atoms with Crippen LogP contribution in [0.4, 0.5) is 0 Å². The molecule has 0 heterocycles. The molecule has 3 nitrogen and oxygen atoms in total. The van der Waals surface area contributed by atoms with Crippen LogP contribution in [-0.2, 0) is 0 Å². The minimum atomic E-state index is 0.437. The van der Waals surface area contributed by atoms with E-state index in [0.29, 0.717) is 28.5 Å². The van der Waals surface area contributed by atoms with Crippen molar-refractivity contribution in [2.45, 2.75) is 13.3 Å². The fourth-order valence-corrected chi connectivity index (χ4v) is 1.68. The van der Waals surface area contributed by atoms with Gasteiger partial charge < -0.3 is 9.47 Å². The molecule has 0 amide bonds. The second-order valence-corrected chi connectivity index (χ2v) is 3.74. The summed E-state index contributed by atoms with van der Waals surface area (Å²) in [7, 11) is 3.14. The molecule has 17 heavy (non-hydrogen) atoms. The summed E-state index contributed by atoms with van der Waals surface area (Å²) in [4.78, 5) is 0. The maximum Gasteiger partial charge on any atom is 0.123 e. The summed E-state index contributed by atoms with van der Waals surface area (Å²) in [5.74, 6) is 1.29. The van der Waals surface area contributed by atoms with Crippen LogP contribution >= 0.6 is 11.6 Å². The standard InChI is InChI=1S/C13H14ClNO2/c1-4-9(8-15)13(14)10-5-11(16-2)7-12(6-10)17-3/h5-7H,4H2,1-3H3. The van der Waals surface area contributed by atoms with Gasteiger partial charge in [-0.15, -0.1) is 0 Å². The third-order valence-corrected chi connectivity index (χ3v) is 2.80. The summed E-state index contributed by atoms with van der Waals surface area (Å²) in [5, 5.41) is 9.39. The summed E-state index contributed by atoms with van der Waals surface area (Å²) in [5.41, 5.74) is 1.27. The highest BCUT2D eigenvalue weighted by Gasteiger charge is 2.09. The van der Waals surface area contributed by atoms with E-state index >= 15 is 0 Å². The van der Waals surface area contributed by atoms with Gasteiger partial charge >= 0.3 is 0 Å². The molecule has 0 aliphatic heterocycles. The molecule has 0 spiro atoms. The van der Waals surface area contributed by atoms with Crippen LogP contribution in [0.1, 0.15) is 18.9 Å². The topological polar surface area (TPSA) is 42.2 Å². The van der Waals surface area contributed by atoms with E-state index in [1.54, 1.807) is 32.4 Å². The van der Waals surface area contributed by atoms with Gasteiger partial charge in [0.1, 0.15) is 11.5 Å². The van der Waals surface area contributed by atoms with Crippen LogP contribution in [0.15, 0.2) is 23.8 Å². The highest BCUT2D eigenvalue weighted by atomic mass is 35.5. The number of methoxy groups -OCH3 is 2. The number of hydrogen-bond acceptors (Lipinski definition) is 3. The summed E-state index contributed by atoms with van der Waals surface area (Å²) in [6.45, 7) is 1.89. The molecule has 1 aromatic rings. The lowest BCUT2D eigenvalue weighted by Gasteiger charge is -2.08. The number of halogens is 1. The van der Waals surface area contributed by atoms with Crippen molar-refractivity contribution in [3.8, 4) is 17.6 Å². The number of ether oxygens (including phenoxy) is 2. The van der Waals surface area contributed by atoms with Crippen molar-refractivity contribution >= 4 is 16.6 Å². The molecule has 0 atom stereocenters. The van der Waals surface area contributed by atoms with Crippen molar-refractivity contribution in [1.29, 1.82) is 5.26 Å². The molecule has 4 heteroatoms. The highest BCUT2D eigenvalue weighted by Crippen LogP contribution is 2.31. The predicted molar refractivity (Wildman–Crippen MR) is 68.2 cm³/mol. The molecule has 0 aromatic heterocycles. The van der Waals surface area contributed by atoms with E-state index in [1.165, 1.54) is 0 Å². The number of rotatable bonds is 4. The van der Waals surface area contributed by atoms with Crippen LogP contribution in [0.5, 0.6) is 11.5 Å². The van der Waals surface area contributed by atoms with Crippen LogP contribution in [0.25, 0.3) is 5.03 Å². The van der Waals surface area contributed by atoms with Crippen molar-refractivity contribution in [2.24, 2.45) is 0 Å². The minimum absolute atomic E-state index is 0.437. The van der Waals surface area contributed by atoms with Crippen LogP contribution in [0, 0.1) is 11.3 Å². The molecule has 0 saturated carbocycles. The van der Waals surface area contributed by atoms with Crippen molar-refractivity contribution in [3.05, 3.63) is 29.3 Å². The third kappa shape index (κ3) is 3.15. The first kappa shape index (κ1) is 13.4. The van der Waals surface area contributed by atoms with Gasteiger partial charge in [-0.25, -0.2) is 0 Å². The zero-order valence-electron chi connectivity index (χ0n) is 10.1. The largest absolute Gasteiger partial charge is 0.497 e. The van der Waals surface area contributed by atoms with E-state index in [2.05, 4.69) is 6.07 Å². The second-order valence-electron chi connectivity index (χ2n) is 3.36. The third-order valence-electron chi connectivity index (χ3n) is 2.36. The van der Waals surface area contributed by atoms with Crippen molar-refractivity contribution < 1.29 is 9.47 Å². The summed E-state index contributed by atoms with van der Waals surface area (Å²) >= 11 is 6.18. The molecule has 1 aromatic carbocycles. The van der Waals surface area contributed by atoms with Gasteiger partial charge in [-0.1, -0.05) is 18.5 Å². The smallest absolute Gasteiger partial charge is 0.123 e. The number of hydrogen-bond donors (Lipinski definition) is 0. The monoisotopic (exact) mass is 251 g/mol. The van der Waals surface area contributed by atoms with Gasteiger partial charge in [0.2, 0.25) is 0 Å². The second kappa shape index (κ2) is 6.17. The fourth-order valence-electron chi connectivity index (χ4n) is 1.39. The van der Waals surface area contributed by atoms with E-state index in [0.717, 1.165) is 5.56 Å². The zero-order chi connectivity index (χ0) is 12.8. The van der Waals surface area contributed by atoms with Gasteiger partial charge in [0.15, 0.2) is 0 Å². The SMILES string of the molecule is CCC(C#N)=C(Cl)c1cc(OC)cc(OC)c1. The molecule has 0 aliphatic carbocycles. The van der Waals surface area contributed by atoms with E-state index in [4.69, 9.17) is 26.3 Å². The maximum absolute atomic E-state index is 8.96. The van der Waals surface area contributed by atoms with E-state index in [1.807, 2.05) is 6.92 Å². The molecule has 0 fully saturated rings.